The molecule has 1 heterocycles. The lowest BCUT2D eigenvalue weighted by Gasteiger charge is -2.13. The molecule has 1 fully saturated rings. The number of thioether (sulfide) groups is 1. The molecule has 6 nitrogen and oxygen atoms in total. The number of hydrogen-bond acceptors (Lipinski definition) is 5. The Bertz CT molecular complexity index is 984. The third kappa shape index (κ3) is 4.26. The van der Waals surface area contributed by atoms with Crippen molar-refractivity contribution in [3.8, 4) is 5.75 Å². The van der Waals surface area contributed by atoms with Crippen LogP contribution >= 0.6 is 11.8 Å². The van der Waals surface area contributed by atoms with Gasteiger partial charge in [-0.25, -0.2) is 0 Å². The van der Waals surface area contributed by atoms with Crippen molar-refractivity contribution in [2.75, 3.05) is 19.0 Å². The number of carbonyl (C=O) groups excluding carboxylic acids is 3. The van der Waals surface area contributed by atoms with E-state index in [1.807, 2.05) is 38.1 Å². The number of imide groups is 1. The second-order valence-corrected chi connectivity index (χ2v) is 7.35. The lowest BCUT2D eigenvalue weighted by Crippen LogP contribution is -2.36. The van der Waals surface area contributed by atoms with Crippen LogP contribution < -0.4 is 10.1 Å². The summed E-state index contributed by atoms with van der Waals surface area (Å²) in [5.41, 5.74) is 3.28. The van der Waals surface area contributed by atoms with E-state index >= 15 is 0 Å². The fourth-order valence-electron chi connectivity index (χ4n) is 2.76. The van der Waals surface area contributed by atoms with Gasteiger partial charge < -0.3 is 10.1 Å². The van der Waals surface area contributed by atoms with Crippen LogP contribution in [0.25, 0.3) is 6.08 Å². The molecule has 1 aliphatic rings. The van der Waals surface area contributed by atoms with Gasteiger partial charge in [0, 0.05) is 5.69 Å². The highest BCUT2D eigenvalue weighted by Gasteiger charge is 2.36. The topological polar surface area (TPSA) is 75.7 Å². The van der Waals surface area contributed by atoms with E-state index in [0.717, 1.165) is 33.4 Å². The fraction of sp³-hybridized carbons (Fsp3) is 0.190. The monoisotopic (exact) mass is 396 g/mol. The minimum atomic E-state index is -0.477. The maximum absolute atomic E-state index is 12.6. The van der Waals surface area contributed by atoms with E-state index in [1.165, 1.54) is 0 Å². The van der Waals surface area contributed by atoms with Crippen LogP contribution in [-0.2, 0) is 9.59 Å². The molecule has 28 heavy (non-hydrogen) atoms. The van der Waals surface area contributed by atoms with Gasteiger partial charge in [0.2, 0.25) is 5.91 Å². The van der Waals surface area contributed by atoms with Crippen LogP contribution in [0.2, 0.25) is 0 Å². The molecular formula is C21H20N2O4S. The summed E-state index contributed by atoms with van der Waals surface area (Å²) in [6, 6.07) is 12.8. The first-order valence-corrected chi connectivity index (χ1v) is 9.46. The van der Waals surface area contributed by atoms with Gasteiger partial charge in [0.05, 0.1) is 12.0 Å². The maximum atomic E-state index is 12.6. The second-order valence-electron chi connectivity index (χ2n) is 6.36. The Morgan fingerprint density at radius 2 is 1.89 bits per heavy atom. The number of amides is 3. The average Bonchev–Trinajstić information content (AvgIpc) is 2.92. The Labute approximate surface area is 167 Å². The molecule has 0 aliphatic carbocycles. The largest absolute Gasteiger partial charge is 0.496 e. The molecule has 0 radical (unpaired) electrons. The van der Waals surface area contributed by atoms with Crippen LogP contribution in [0.3, 0.4) is 0 Å². The zero-order valence-corrected chi connectivity index (χ0v) is 16.6. The zero-order valence-electron chi connectivity index (χ0n) is 15.8. The van der Waals surface area contributed by atoms with Crippen LogP contribution in [0, 0.1) is 13.8 Å². The summed E-state index contributed by atoms with van der Waals surface area (Å²) in [4.78, 5) is 38.4. The Morgan fingerprint density at radius 1 is 1.14 bits per heavy atom. The third-order valence-electron chi connectivity index (χ3n) is 4.32. The second kappa shape index (κ2) is 8.31. The van der Waals surface area contributed by atoms with E-state index in [4.69, 9.17) is 4.74 Å². The number of anilines is 1. The van der Waals surface area contributed by atoms with E-state index in [9.17, 15) is 14.4 Å². The summed E-state index contributed by atoms with van der Waals surface area (Å²) < 4.78 is 5.29. The Morgan fingerprint density at radius 3 is 2.61 bits per heavy atom. The molecule has 2 aromatic rings. The molecule has 2 aromatic carbocycles. The summed E-state index contributed by atoms with van der Waals surface area (Å²) in [6.45, 7) is 3.46. The van der Waals surface area contributed by atoms with Crippen molar-refractivity contribution in [1.82, 2.24) is 4.90 Å². The van der Waals surface area contributed by atoms with Crippen LogP contribution in [0.15, 0.2) is 47.4 Å². The number of rotatable bonds is 5. The summed E-state index contributed by atoms with van der Waals surface area (Å²) in [6.07, 6.45) is 1.63. The molecule has 0 aromatic heterocycles. The van der Waals surface area contributed by atoms with E-state index in [0.29, 0.717) is 11.4 Å². The minimum Gasteiger partial charge on any atom is -0.496 e. The van der Waals surface area contributed by atoms with Crippen molar-refractivity contribution >= 4 is 40.6 Å². The highest BCUT2D eigenvalue weighted by Crippen LogP contribution is 2.33. The van der Waals surface area contributed by atoms with Gasteiger partial charge >= 0.3 is 0 Å². The molecule has 1 N–H and O–H groups in total. The van der Waals surface area contributed by atoms with E-state index in [-0.39, 0.29) is 11.4 Å². The summed E-state index contributed by atoms with van der Waals surface area (Å²) in [5.74, 6) is -0.199. The Kier molecular flexibility index (Phi) is 5.84. The molecule has 1 saturated heterocycles. The van der Waals surface area contributed by atoms with Gasteiger partial charge in [-0.1, -0.05) is 30.3 Å². The minimum absolute atomic E-state index is 0.277. The van der Waals surface area contributed by atoms with Crippen molar-refractivity contribution < 1.29 is 19.1 Å². The Balaban J connectivity index is 1.73. The number of carbonyl (C=O) groups is 3. The van der Waals surface area contributed by atoms with Gasteiger partial charge in [-0.3, -0.25) is 19.3 Å². The number of aryl methyl sites for hydroxylation is 2. The SMILES string of the molecule is COc1cc(/C=C2/SC(=O)N(CC(=O)Nc3ccccc3C)C2=O)ccc1C. The van der Waals surface area contributed by atoms with Crippen LogP contribution in [0.1, 0.15) is 16.7 Å². The van der Waals surface area contributed by atoms with Gasteiger partial charge in [-0.2, -0.15) is 0 Å². The van der Waals surface area contributed by atoms with Gasteiger partial charge in [0.1, 0.15) is 12.3 Å². The van der Waals surface area contributed by atoms with Gasteiger partial charge in [0.15, 0.2) is 0 Å². The maximum Gasteiger partial charge on any atom is 0.294 e. The molecule has 3 amide bonds. The number of ether oxygens (including phenoxy) is 1. The summed E-state index contributed by atoms with van der Waals surface area (Å²) in [7, 11) is 1.58. The molecule has 0 unspecified atom stereocenters. The number of methoxy groups -OCH3 is 1. The van der Waals surface area contributed by atoms with Crippen molar-refractivity contribution in [2.45, 2.75) is 13.8 Å². The number of hydrogen-bond donors (Lipinski definition) is 1. The van der Waals surface area contributed by atoms with Crippen molar-refractivity contribution in [3.63, 3.8) is 0 Å². The van der Waals surface area contributed by atoms with Crippen LogP contribution in [0.4, 0.5) is 10.5 Å². The standard InChI is InChI=1S/C21H20N2O4S/c1-13-6-4-5-7-16(13)22-19(24)12-23-20(25)18(28-21(23)26)11-15-9-8-14(2)17(10-15)27-3/h4-11H,12H2,1-3H3,(H,22,24)/b18-11+. The van der Waals surface area contributed by atoms with Gasteiger partial charge in [-0.15, -0.1) is 0 Å². The molecule has 3 rings (SSSR count). The predicted octanol–water partition coefficient (Wildman–Crippen LogP) is 3.99. The van der Waals surface area contributed by atoms with Crippen molar-refractivity contribution in [3.05, 3.63) is 64.1 Å². The highest BCUT2D eigenvalue weighted by atomic mass is 32.2. The molecular weight excluding hydrogens is 376 g/mol. The highest BCUT2D eigenvalue weighted by molar-refractivity contribution is 8.18. The molecule has 144 valence electrons. The molecule has 0 saturated carbocycles. The van der Waals surface area contributed by atoms with E-state index in [2.05, 4.69) is 5.32 Å². The van der Waals surface area contributed by atoms with Gasteiger partial charge in [-0.05, 0) is 60.5 Å². The van der Waals surface area contributed by atoms with Crippen LogP contribution in [0.5, 0.6) is 5.75 Å². The average molecular weight is 396 g/mol. The number of para-hydroxylation sites is 1. The van der Waals surface area contributed by atoms with Crippen LogP contribution in [-0.4, -0.2) is 35.6 Å². The zero-order chi connectivity index (χ0) is 20.3. The quantitative estimate of drug-likeness (QED) is 0.774. The lowest BCUT2D eigenvalue weighted by molar-refractivity contribution is -0.127. The van der Waals surface area contributed by atoms with Crippen molar-refractivity contribution in [1.29, 1.82) is 0 Å². The normalized spacial score (nSPS) is 15.2. The smallest absolute Gasteiger partial charge is 0.294 e. The predicted molar refractivity (Wildman–Crippen MR) is 110 cm³/mol. The number of benzene rings is 2. The number of nitrogens with zero attached hydrogens (tertiary/aromatic N) is 1. The van der Waals surface area contributed by atoms with Crippen molar-refractivity contribution in [2.24, 2.45) is 0 Å². The molecule has 1 aliphatic heterocycles. The Hall–Kier alpha value is -3.06. The molecule has 0 bridgehead atoms. The molecule has 0 spiro atoms. The fourth-order valence-corrected chi connectivity index (χ4v) is 3.60. The first-order chi connectivity index (χ1) is 13.4. The first kappa shape index (κ1) is 19.7. The lowest BCUT2D eigenvalue weighted by atomic mass is 10.1. The summed E-state index contributed by atoms with van der Waals surface area (Å²) >= 11 is 0.823. The third-order valence-corrected chi connectivity index (χ3v) is 5.23. The number of nitrogens with one attached hydrogen (secondary N) is 1. The molecule has 0 atom stereocenters. The summed E-state index contributed by atoms with van der Waals surface area (Å²) in [5, 5.41) is 2.27. The van der Waals surface area contributed by atoms with E-state index in [1.54, 1.807) is 31.4 Å². The van der Waals surface area contributed by atoms with Gasteiger partial charge in [0.25, 0.3) is 11.1 Å². The van der Waals surface area contributed by atoms with E-state index < -0.39 is 17.1 Å². The first-order valence-electron chi connectivity index (χ1n) is 8.64. The molecule has 7 heteroatoms.